The van der Waals surface area contributed by atoms with Crippen molar-refractivity contribution in [1.82, 2.24) is 0 Å². The first-order chi connectivity index (χ1) is 16.7. The fourth-order valence-corrected chi connectivity index (χ4v) is 3.96. The molecule has 3 atom stereocenters. The van der Waals surface area contributed by atoms with Crippen LogP contribution in [0.3, 0.4) is 0 Å². The standard InChI is InChI=1S/C24H21F2NO3.C2H3IO2/c25-17-5-1-15(2-6-17)22(29)14-13-21-23(16-3-11-20(28)12-4-16)27(24(21)30)19-9-7-18(26)8-10-19;3-1-2(4)5/h1-12,21-23,28-29H,13-14H2;1H2,(H,4,5)/t21-,22+,23-;/m1./s1. The molecule has 0 radical (unpaired) electrons. The number of aliphatic carboxylic acids is 1. The molecule has 1 fully saturated rings. The van der Waals surface area contributed by atoms with Gasteiger partial charge in [0, 0.05) is 5.69 Å². The molecule has 1 heterocycles. The van der Waals surface area contributed by atoms with Gasteiger partial charge in [-0.15, -0.1) is 0 Å². The van der Waals surface area contributed by atoms with Crippen LogP contribution in [0.25, 0.3) is 0 Å². The first kappa shape index (κ1) is 26.6. The summed E-state index contributed by atoms with van der Waals surface area (Å²) in [5, 5.41) is 27.8. The molecule has 3 aromatic carbocycles. The fourth-order valence-electron chi connectivity index (χ4n) is 3.96. The van der Waals surface area contributed by atoms with Gasteiger partial charge in [-0.2, -0.15) is 0 Å². The minimum absolute atomic E-state index is 0.106. The molecule has 0 aliphatic carbocycles. The second-order valence-electron chi connectivity index (χ2n) is 8.00. The van der Waals surface area contributed by atoms with Gasteiger partial charge < -0.3 is 20.2 Å². The van der Waals surface area contributed by atoms with E-state index in [9.17, 15) is 28.6 Å². The number of carbonyl (C=O) groups excluding carboxylic acids is 1. The molecule has 6 nitrogen and oxygen atoms in total. The van der Waals surface area contributed by atoms with E-state index in [1.807, 2.05) is 0 Å². The number of nitrogens with zero attached hydrogens (tertiary/aromatic N) is 1. The number of benzene rings is 3. The predicted molar refractivity (Wildman–Crippen MR) is 135 cm³/mol. The topological polar surface area (TPSA) is 98.1 Å². The molecule has 4 rings (SSSR count). The number of hydrogen-bond acceptors (Lipinski definition) is 4. The summed E-state index contributed by atoms with van der Waals surface area (Å²) >= 11 is 1.78. The zero-order valence-electron chi connectivity index (χ0n) is 18.5. The van der Waals surface area contributed by atoms with Crippen LogP contribution in [0, 0.1) is 17.6 Å². The Balaban J connectivity index is 0.000000623. The van der Waals surface area contributed by atoms with Crippen LogP contribution in [0.4, 0.5) is 14.5 Å². The van der Waals surface area contributed by atoms with Gasteiger partial charge in [-0.05, 0) is 72.5 Å². The molecular weight excluding hydrogens is 571 g/mol. The maximum Gasteiger partial charge on any atom is 0.313 e. The van der Waals surface area contributed by atoms with Crippen molar-refractivity contribution in [1.29, 1.82) is 0 Å². The normalized spacial score (nSPS) is 17.7. The van der Waals surface area contributed by atoms with Crippen LogP contribution in [-0.4, -0.2) is 31.6 Å². The number of amides is 1. The van der Waals surface area contributed by atoms with Crippen LogP contribution >= 0.6 is 22.6 Å². The van der Waals surface area contributed by atoms with Gasteiger partial charge in [0.15, 0.2) is 0 Å². The number of aliphatic hydroxyl groups is 1. The molecular formula is C26H24F2INO5. The monoisotopic (exact) mass is 595 g/mol. The molecule has 9 heteroatoms. The highest BCUT2D eigenvalue weighted by Gasteiger charge is 2.48. The lowest BCUT2D eigenvalue weighted by Crippen LogP contribution is -2.55. The zero-order chi connectivity index (χ0) is 25.5. The summed E-state index contributed by atoms with van der Waals surface area (Å²) in [5.74, 6) is -1.86. The molecule has 0 aromatic heterocycles. The average molecular weight is 595 g/mol. The van der Waals surface area contributed by atoms with Crippen molar-refractivity contribution >= 4 is 40.2 Å². The highest BCUT2D eigenvalue weighted by molar-refractivity contribution is 14.1. The van der Waals surface area contributed by atoms with Crippen LogP contribution in [0.1, 0.15) is 36.1 Å². The Bertz CT molecular complexity index is 1140. The molecule has 1 aliphatic heterocycles. The van der Waals surface area contributed by atoms with Crippen molar-refractivity contribution in [2.24, 2.45) is 5.92 Å². The van der Waals surface area contributed by atoms with Crippen molar-refractivity contribution in [3.8, 4) is 5.75 Å². The number of phenols is 1. The maximum absolute atomic E-state index is 13.3. The summed E-state index contributed by atoms with van der Waals surface area (Å²) in [6.07, 6.45) is -0.0344. The van der Waals surface area contributed by atoms with Gasteiger partial charge in [-0.3, -0.25) is 9.59 Å². The van der Waals surface area contributed by atoms with Gasteiger partial charge in [-0.1, -0.05) is 46.9 Å². The van der Waals surface area contributed by atoms with Gasteiger partial charge >= 0.3 is 5.97 Å². The smallest absolute Gasteiger partial charge is 0.313 e. The van der Waals surface area contributed by atoms with E-state index >= 15 is 0 Å². The van der Waals surface area contributed by atoms with Crippen LogP contribution in [0.5, 0.6) is 5.75 Å². The van der Waals surface area contributed by atoms with Crippen molar-refractivity contribution < 1.29 is 33.7 Å². The second kappa shape index (κ2) is 12.1. The molecule has 184 valence electrons. The first-order valence-electron chi connectivity index (χ1n) is 10.8. The molecule has 0 unspecified atom stereocenters. The number of alkyl halides is 1. The Morgan fingerprint density at radius 3 is 1.97 bits per heavy atom. The van der Waals surface area contributed by atoms with Gasteiger partial charge in [0.2, 0.25) is 5.91 Å². The number of phenolic OH excluding ortho intramolecular Hbond substituents is 1. The van der Waals surface area contributed by atoms with Gasteiger partial charge in [0.05, 0.1) is 22.5 Å². The molecule has 0 spiro atoms. The Hall–Kier alpha value is -3.05. The quantitative estimate of drug-likeness (QED) is 0.193. The van der Waals surface area contributed by atoms with Gasteiger partial charge in [0.25, 0.3) is 0 Å². The summed E-state index contributed by atoms with van der Waals surface area (Å²) in [7, 11) is 0. The second-order valence-corrected chi connectivity index (χ2v) is 8.76. The maximum atomic E-state index is 13.3. The Labute approximate surface area is 215 Å². The largest absolute Gasteiger partial charge is 0.508 e. The summed E-state index contributed by atoms with van der Waals surface area (Å²) in [5.41, 5.74) is 2.03. The number of carboxylic acid groups (broad SMARTS) is 1. The summed E-state index contributed by atoms with van der Waals surface area (Å²) in [4.78, 5) is 23.9. The number of carbonyl (C=O) groups is 2. The Morgan fingerprint density at radius 1 is 0.943 bits per heavy atom. The van der Waals surface area contributed by atoms with E-state index in [0.29, 0.717) is 24.1 Å². The molecule has 1 saturated heterocycles. The van der Waals surface area contributed by atoms with Crippen LogP contribution in [0.2, 0.25) is 0 Å². The lowest BCUT2D eigenvalue weighted by Gasteiger charge is -2.48. The SMILES string of the molecule is O=C(O)CI.O=C1[C@H](CC[C@H](O)c2ccc(F)cc2)[C@@H](c2ccc(O)cc2)N1c1ccc(F)cc1. The van der Waals surface area contributed by atoms with Crippen molar-refractivity contribution in [3.63, 3.8) is 0 Å². The number of aromatic hydroxyl groups is 1. The van der Waals surface area contributed by atoms with Crippen molar-refractivity contribution in [2.45, 2.75) is 25.0 Å². The number of carboxylic acids is 1. The Kier molecular flexibility index (Phi) is 9.16. The van der Waals surface area contributed by atoms with Gasteiger partial charge in [0.1, 0.15) is 17.4 Å². The number of rotatable bonds is 7. The number of hydrogen-bond donors (Lipinski definition) is 3. The average Bonchev–Trinajstić information content (AvgIpc) is 2.85. The summed E-state index contributed by atoms with van der Waals surface area (Å²) in [6, 6.07) is 17.7. The Morgan fingerprint density at radius 2 is 1.46 bits per heavy atom. The van der Waals surface area contributed by atoms with Crippen molar-refractivity contribution in [2.75, 3.05) is 9.33 Å². The predicted octanol–water partition coefficient (Wildman–Crippen LogP) is 5.39. The van der Waals surface area contributed by atoms with E-state index in [1.165, 1.54) is 36.4 Å². The van der Waals surface area contributed by atoms with Gasteiger partial charge in [-0.25, -0.2) is 8.78 Å². The number of β-lactam (4-membered cyclic amide) rings is 1. The van der Waals surface area contributed by atoms with E-state index < -0.39 is 12.1 Å². The summed E-state index contributed by atoms with van der Waals surface area (Å²) in [6.45, 7) is 0. The minimum atomic E-state index is -0.807. The molecule has 35 heavy (non-hydrogen) atoms. The van der Waals surface area contributed by atoms with E-state index in [-0.39, 0.29) is 39.7 Å². The zero-order valence-corrected chi connectivity index (χ0v) is 20.7. The number of anilines is 1. The lowest BCUT2D eigenvalue weighted by atomic mass is 9.78. The van der Waals surface area contributed by atoms with Crippen LogP contribution in [-0.2, 0) is 9.59 Å². The molecule has 3 N–H and O–H groups in total. The number of halogens is 3. The molecule has 0 saturated carbocycles. The molecule has 1 aliphatic rings. The van der Waals surface area contributed by atoms with E-state index in [4.69, 9.17) is 5.11 Å². The minimum Gasteiger partial charge on any atom is -0.508 e. The lowest BCUT2D eigenvalue weighted by molar-refractivity contribution is -0.133. The molecule has 0 bridgehead atoms. The summed E-state index contributed by atoms with van der Waals surface area (Å²) < 4.78 is 26.6. The third-order valence-corrected chi connectivity index (χ3v) is 6.33. The highest BCUT2D eigenvalue weighted by Crippen LogP contribution is 2.46. The number of aliphatic hydroxyl groups excluding tert-OH is 1. The molecule has 3 aromatic rings. The van der Waals surface area contributed by atoms with Crippen molar-refractivity contribution in [3.05, 3.63) is 95.6 Å². The molecule has 1 amide bonds. The highest BCUT2D eigenvalue weighted by atomic mass is 127. The third kappa shape index (κ3) is 6.76. The van der Waals surface area contributed by atoms with E-state index in [1.54, 1.807) is 63.9 Å². The first-order valence-corrected chi connectivity index (χ1v) is 12.3. The van der Waals surface area contributed by atoms with Crippen LogP contribution in [0.15, 0.2) is 72.8 Å². The fraction of sp³-hybridized carbons (Fsp3) is 0.231. The van der Waals surface area contributed by atoms with Crippen LogP contribution < -0.4 is 4.90 Å². The van der Waals surface area contributed by atoms with E-state index in [0.717, 1.165) is 5.56 Å². The van der Waals surface area contributed by atoms with E-state index in [2.05, 4.69) is 0 Å². The third-order valence-electron chi connectivity index (χ3n) is 5.67.